The van der Waals surface area contributed by atoms with Gasteiger partial charge in [-0.3, -0.25) is 4.84 Å². The molecule has 0 aromatic heterocycles. The average Bonchev–Trinajstić information content (AvgIpc) is 1.60. The Morgan fingerprint density at radius 3 is 2.10 bits per heavy atom. The van der Waals surface area contributed by atoms with Crippen molar-refractivity contribution < 1.29 is 4.84 Å². The van der Waals surface area contributed by atoms with Crippen molar-refractivity contribution in [1.29, 1.82) is 0 Å². The normalized spacial score (nSPS) is 29.6. The summed E-state index contributed by atoms with van der Waals surface area (Å²) >= 11 is 0. The maximum atomic E-state index is 5.42. The van der Waals surface area contributed by atoms with E-state index in [2.05, 4.69) is 19.1 Å². The van der Waals surface area contributed by atoms with E-state index in [1.165, 1.54) is 0 Å². The van der Waals surface area contributed by atoms with E-state index in [4.69, 9.17) is 4.84 Å². The molecule has 1 rings (SSSR count). The average molecular weight is 164 g/mol. The Bertz CT molecular complexity index is 136. The first-order valence-electron chi connectivity index (χ1n) is 3.16. The largest absolute Gasteiger partial charge is 0.289 e. The molecule has 2 nitrogen and oxygen atoms in total. The lowest BCUT2D eigenvalue weighted by Crippen LogP contribution is -2.36. The fraction of sp³-hybridized carbons (Fsp3) is 0.714. The van der Waals surface area contributed by atoms with E-state index in [0.717, 1.165) is 6.42 Å². The lowest BCUT2D eigenvalue weighted by molar-refractivity contribution is -0.198. The molecule has 3 heteroatoms. The molecule has 1 aliphatic carbocycles. The van der Waals surface area contributed by atoms with E-state index in [9.17, 15) is 0 Å². The zero-order valence-electron chi connectivity index (χ0n) is 6.63. The van der Waals surface area contributed by atoms with Gasteiger partial charge < -0.3 is 0 Å². The van der Waals surface area contributed by atoms with Crippen LogP contribution in [0, 0.1) is 0 Å². The Morgan fingerprint density at radius 1 is 1.50 bits per heavy atom. The highest BCUT2D eigenvalue weighted by Gasteiger charge is 2.27. The van der Waals surface area contributed by atoms with Crippen LogP contribution in [0.3, 0.4) is 0 Å². The molecule has 0 amide bonds. The Labute approximate surface area is 68.2 Å². The van der Waals surface area contributed by atoms with Gasteiger partial charge in [0.05, 0.1) is 0 Å². The van der Waals surface area contributed by atoms with Gasteiger partial charge in [-0.15, -0.1) is 12.4 Å². The van der Waals surface area contributed by atoms with Crippen molar-refractivity contribution in [3.05, 3.63) is 12.2 Å². The lowest BCUT2D eigenvalue weighted by atomic mass is 9.92. The summed E-state index contributed by atoms with van der Waals surface area (Å²) in [5, 5.41) is 1.74. The van der Waals surface area contributed by atoms with Crippen LogP contribution in [0.25, 0.3) is 0 Å². The van der Waals surface area contributed by atoms with Crippen LogP contribution in [0.2, 0.25) is 0 Å². The standard InChI is InChI=1S/C7H13NO.ClH/c1-7(5-4-6-7)9-8(2)3;/h4-5H,6H2,1-3H3;1H. The minimum Gasteiger partial charge on any atom is -0.289 e. The molecule has 0 saturated carbocycles. The van der Waals surface area contributed by atoms with E-state index in [-0.39, 0.29) is 18.0 Å². The van der Waals surface area contributed by atoms with Crippen molar-refractivity contribution >= 4 is 12.4 Å². The van der Waals surface area contributed by atoms with E-state index >= 15 is 0 Å². The molecule has 0 aromatic rings. The maximum Gasteiger partial charge on any atom is 0.109 e. The number of nitrogens with zero attached hydrogens (tertiary/aromatic N) is 1. The molecule has 0 N–H and O–H groups in total. The van der Waals surface area contributed by atoms with Crippen molar-refractivity contribution in [2.24, 2.45) is 0 Å². The quantitative estimate of drug-likeness (QED) is 0.453. The molecule has 0 radical (unpaired) electrons. The van der Waals surface area contributed by atoms with Crippen molar-refractivity contribution in [2.45, 2.75) is 18.9 Å². The van der Waals surface area contributed by atoms with E-state index in [0.29, 0.717) is 0 Å². The molecule has 1 aliphatic rings. The highest BCUT2D eigenvalue weighted by atomic mass is 35.5. The molecule has 60 valence electrons. The van der Waals surface area contributed by atoms with Crippen LogP contribution in [0.4, 0.5) is 0 Å². The van der Waals surface area contributed by atoms with Gasteiger partial charge in [0.25, 0.3) is 0 Å². The fourth-order valence-electron chi connectivity index (χ4n) is 0.935. The third kappa shape index (κ3) is 2.29. The highest BCUT2D eigenvalue weighted by Crippen LogP contribution is 2.26. The van der Waals surface area contributed by atoms with Gasteiger partial charge in [0.1, 0.15) is 5.60 Å². The first kappa shape index (κ1) is 9.95. The number of rotatable bonds is 2. The first-order chi connectivity index (χ1) is 4.12. The van der Waals surface area contributed by atoms with Gasteiger partial charge in [-0.05, 0) is 13.3 Å². The van der Waals surface area contributed by atoms with Crippen LogP contribution < -0.4 is 0 Å². The van der Waals surface area contributed by atoms with E-state index < -0.39 is 0 Å². The number of hydrogen-bond acceptors (Lipinski definition) is 2. The van der Waals surface area contributed by atoms with Gasteiger partial charge >= 0.3 is 0 Å². The molecule has 0 aromatic carbocycles. The summed E-state index contributed by atoms with van der Waals surface area (Å²) in [6, 6.07) is 0. The molecule has 1 atom stereocenters. The minimum absolute atomic E-state index is 0. The molecule has 0 saturated heterocycles. The summed E-state index contributed by atoms with van der Waals surface area (Å²) in [4.78, 5) is 5.42. The van der Waals surface area contributed by atoms with E-state index in [1.54, 1.807) is 5.06 Å². The zero-order chi connectivity index (χ0) is 6.91. The Balaban J connectivity index is 0.000000810. The first-order valence-corrected chi connectivity index (χ1v) is 3.16. The fourth-order valence-corrected chi connectivity index (χ4v) is 0.935. The predicted octanol–water partition coefficient (Wildman–Crippen LogP) is 1.62. The van der Waals surface area contributed by atoms with Gasteiger partial charge in [0, 0.05) is 14.1 Å². The highest BCUT2D eigenvalue weighted by molar-refractivity contribution is 5.85. The minimum atomic E-state index is -0.0104. The van der Waals surface area contributed by atoms with Crippen LogP contribution in [0.5, 0.6) is 0 Å². The summed E-state index contributed by atoms with van der Waals surface area (Å²) in [5.41, 5.74) is -0.0104. The molecule has 0 heterocycles. The summed E-state index contributed by atoms with van der Waals surface area (Å²) in [5.74, 6) is 0. The Hall–Kier alpha value is -0.0500. The van der Waals surface area contributed by atoms with Crippen molar-refractivity contribution in [3.63, 3.8) is 0 Å². The third-order valence-electron chi connectivity index (χ3n) is 1.38. The molecule has 0 fully saturated rings. The second-order valence-corrected chi connectivity index (χ2v) is 2.82. The van der Waals surface area contributed by atoms with Crippen LogP contribution >= 0.6 is 12.4 Å². The number of hydrogen-bond donors (Lipinski definition) is 0. The van der Waals surface area contributed by atoms with Crippen LogP contribution in [0.1, 0.15) is 13.3 Å². The van der Waals surface area contributed by atoms with Gasteiger partial charge in [-0.2, -0.15) is 5.06 Å². The molecular weight excluding hydrogens is 150 g/mol. The summed E-state index contributed by atoms with van der Waals surface area (Å²) < 4.78 is 0. The Kier molecular flexibility index (Phi) is 3.36. The van der Waals surface area contributed by atoms with Gasteiger partial charge in [0.15, 0.2) is 0 Å². The third-order valence-corrected chi connectivity index (χ3v) is 1.38. The predicted molar refractivity (Wildman–Crippen MR) is 44.2 cm³/mol. The second kappa shape index (κ2) is 3.37. The molecule has 10 heavy (non-hydrogen) atoms. The monoisotopic (exact) mass is 163 g/mol. The van der Waals surface area contributed by atoms with Gasteiger partial charge in [-0.1, -0.05) is 12.2 Å². The van der Waals surface area contributed by atoms with Crippen LogP contribution in [-0.2, 0) is 4.84 Å². The van der Waals surface area contributed by atoms with Crippen molar-refractivity contribution in [2.75, 3.05) is 14.1 Å². The van der Waals surface area contributed by atoms with E-state index in [1.807, 2.05) is 14.1 Å². The summed E-state index contributed by atoms with van der Waals surface area (Å²) in [6.45, 7) is 2.08. The molecular formula is C7H14ClNO. The molecule has 0 bridgehead atoms. The maximum absolute atomic E-state index is 5.42. The van der Waals surface area contributed by atoms with Crippen molar-refractivity contribution in [1.82, 2.24) is 5.06 Å². The summed E-state index contributed by atoms with van der Waals surface area (Å²) in [6.07, 6.45) is 5.22. The van der Waals surface area contributed by atoms with Crippen molar-refractivity contribution in [3.8, 4) is 0 Å². The Morgan fingerprint density at radius 2 is 2.00 bits per heavy atom. The molecule has 1 unspecified atom stereocenters. The smallest absolute Gasteiger partial charge is 0.109 e. The van der Waals surface area contributed by atoms with Crippen LogP contribution in [-0.4, -0.2) is 24.8 Å². The molecule has 0 aliphatic heterocycles. The SMILES string of the molecule is CN(C)OC1(C)C=CC1.Cl. The zero-order valence-corrected chi connectivity index (χ0v) is 7.44. The number of halogens is 1. The lowest BCUT2D eigenvalue weighted by Gasteiger charge is -2.33. The number of hydroxylamine groups is 2. The second-order valence-electron chi connectivity index (χ2n) is 2.82. The van der Waals surface area contributed by atoms with Gasteiger partial charge in [-0.25, -0.2) is 0 Å². The topological polar surface area (TPSA) is 12.5 Å². The van der Waals surface area contributed by atoms with Gasteiger partial charge in [0.2, 0.25) is 0 Å². The van der Waals surface area contributed by atoms with Crippen LogP contribution in [0.15, 0.2) is 12.2 Å². The molecule has 0 spiro atoms. The summed E-state index contributed by atoms with van der Waals surface area (Å²) in [7, 11) is 3.80.